The number of likely N-dealkylation sites (N-methyl/N-ethyl adjacent to an activating group) is 1. The topological polar surface area (TPSA) is 88.1 Å². The van der Waals surface area contributed by atoms with Crippen LogP contribution in [0.15, 0.2) is 46.4 Å². The molecule has 0 saturated heterocycles. The highest BCUT2D eigenvalue weighted by Crippen LogP contribution is 2.28. The van der Waals surface area contributed by atoms with Crippen molar-refractivity contribution in [1.29, 1.82) is 0 Å². The Morgan fingerprint density at radius 2 is 1.82 bits per heavy atom. The zero-order valence-corrected chi connectivity index (χ0v) is 17.9. The highest BCUT2D eigenvalue weighted by molar-refractivity contribution is 7.89. The molecule has 1 amide bonds. The number of sulfonamides is 1. The summed E-state index contributed by atoms with van der Waals surface area (Å²) in [4.78, 5) is 11.9. The van der Waals surface area contributed by atoms with Gasteiger partial charge in [0.25, 0.3) is 5.91 Å². The minimum atomic E-state index is -3.93. The molecule has 150 valence electrons. The lowest BCUT2D eigenvalue weighted by Gasteiger charge is -2.16. The molecule has 0 aliphatic heterocycles. The number of carbonyl (C=O) groups is 1. The first kappa shape index (κ1) is 22.4. The molecule has 0 saturated carbocycles. The zero-order chi connectivity index (χ0) is 20.9. The Balaban J connectivity index is 2.05. The third-order valence-corrected chi connectivity index (χ3v) is 6.33. The van der Waals surface area contributed by atoms with E-state index in [9.17, 15) is 13.2 Å². The van der Waals surface area contributed by atoms with Crippen LogP contribution in [0.5, 0.6) is 5.75 Å². The maximum absolute atomic E-state index is 12.6. The molecule has 2 rings (SSSR count). The number of hydrazone groups is 1. The predicted molar refractivity (Wildman–Crippen MR) is 110 cm³/mol. The Morgan fingerprint density at radius 3 is 2.39 bits per heavy atom. The molecule has 1 N–H and O–H groups in total. The maximum Gasteiger partial charge on any atom is 0.255 e. The molecule has 0 unspecified atom stereocenters. The molecule has 11 heteroatoms. The van der Waals surface area contributed by atoms with Crippen molar-refractivity contribution in [1.82, 2.24) is 9.73 Å². The number of halogens is 3. The first-order valence-corrected chi connectivity index (χ1v) is 10.3. The number of amides is 1. The zero-order valence-electron chi connectivity index (χ0n) is 14.8. The summed E-state index contributed by atoms with van der Waals surface area (Å²) in [6.45, 7) is -0.459. The summed E-state index contributed by atoms with van der Waals surface area (Å²) in [7, 11) is -1.25. The van der Waals surface area contributed by atoms with Gasteiger partial charge in [-0.3, -0.25) is 4.79 Å². The van der Waals surface area contributed by atoms with Crippen LogP contribution in [0.2, 0.25) is 15.1 Å². The van der Waals surface area contributed by atoms with Crippen LogP contribution in [-0.4, -0.2) is 45.5 Å². The van der Waals surface area contributed by atoms with Crippen molar-refractivity contribution in [3.8, 4) is 5.75 Å². The Bertz CT molecular complexity index is 992. The van der Waals surface area contributed by atoms with E-state index in [2.05, 4.69) is 10.5 Å². The number of benzene rings is 2. The molecule has 0 spiro atoms. The fourth-order valence-electron chi connectivity index (χ4n) is 2.11. The van der Waals surface area contributed by atoms with Gasteiger partial charge in [-0.1, -0.05) is 40.9 Å². The van der Waals surface area contributed by atoms with Crippen molar-refractivity contribution >= 4 is 56.9 Å². The SMILES string of the molecule is COc1ccc(S(=O)(=O)N(C)CC(=O)N/N=C\c2c(Cl)cccc2Cl)cc1Cl. The second-order valence-corrected chi connectivity index (χ2v) is 8.75. The van der Waals surface area contributed by atoms with Gasteiger partial charge in [-0.25, -0.2) is 13.8 Å². The highest BCUT2D eigenvalue weighted by atomic mass is 35.5. The van der Waals surface area contributed by atoms with Gasteiger partial charge in [0.15, 0.2) is 0 Å². The van der Waals surface area contributed by atoms with Crippen molar-refractivity contribution < 1.29 is 17.9 Å². The Labute approximate surface area is 177 Å². The van der Waals surface area contributed by atoms with E-state index < -0.39 is 22.5 Å². The molecule has 28 heavy (non-hydrogen) atoms. The smallest absolute Gasteiger partial charge is 0.255 e. The number of carbonyl (C=O) groups excluding carboxylic acids is 1. The Morgan fingerprint density at radius 1 is 1.18 bits per heavy atom. The fraction of sp³-hybridized carbons (Fsp3) is 0.176. The number of nitrogens with one attached hydrogen (secondary N) is 1. The van der Waals surface area contributed by atoms with Crippen molar-refractivity contribution in [3.05, 3.63) is 57.0 Å². The number of methoxy groups -OCH3 is 1. The standard InChI is InChI=1S/C17H16Cl3N3O4S/c1-23(28(25,26)11-6-7-16(27-2)15(20)8-11)10-17(24)22-21-9-12-13(18)4-3-5-14(12)19/h3-9H,10H2,1-2H3,(H,22,24)/b21-9-. The van der Waals surface area contributed by atoms with Crippen LogP contribution in [0.3, 0.4) is 0 Å². The quantitative estimate of drug-likeness (QED) is 0.502. The number of rotatable bonds is 7. The van der Waals surface area contributed by atoms with E-state index in [1.165, 1.54) is 38.6 Å². The van der Waals surface area contributed by atoms with Gasteiger partial charge in [-0.2, -0.15) is 9.41 Å². The summed E-state index contributed by atoms with van der Waals surface area (Å²) in [5.74, 6) is -0.307. The van der Waals surface area contributed by atoms with Gasteiger partial charge in [-0.15, -0.1) is 0 Å². The van der Waals surface area contributed by atoms with E-state index in [4.69, 9.17) is 39.5 Å². The van der Waals surface area contributed by atoms with Crippen molar-refractivity contribution in [3.63, 3.8) is 0 Å². The molecule has 7 nitrogen and oxygen atoms in total. The fourth-order valence-corrected chi connectivity index (χ4v) is 4.08. The van der Waals surface area contributed by atoms with Crippen LogP contribution in [0.4, 0.5) is 0 Å². The van der Waals surface area contributed by atoms with Gasteiger partial charge >= 0.3 is 0 Å². The molecule has 0 radical (unpaired) electrons. The Hall–Kier alpha value is -1.84. The van der Waals surface area contributed by atoms with Crippen molar-refractivity contribution in [2.75, 3.05) is 20.7 Å². The van der Waals surface area contributed by atoms with E-state index in [0.29, 0.717) is 21.4 Å². The van der Waals surface area contributed by atoms with Crippen LogP contribution in [0.1, 0.15) is 5.56 Å². The molecular formula is C17H16Cl3N3O4S. The van der Waals surface area contributed by atoms with Gasteiger partial charge < -0.3 is 4.74 Å². The lowest BCUT2D eigenvalue weighted by molar-refractivity contribution is -0.121. The minimum Gasteiger partial charge on any atom is -0.495 e. The second kappa shape index (κ2) is 9.58. The summed E-state index contributed by atoms with van der Waals surface area (Å²) in [6.07, 6.45) is 1.28. The third kappa shape index (κ3) is 5.36. The molecule has 0 atom stereocenters. The number of hydrogen-bond acceptors (Lipinski definition) is 5. The highest BCUT2D eigenvalue weighted by Gasteiger charge is 2.24. The van der Waals surface area contributed by atoms with E-state index in [-0.39, 0.29) is 9.92 Å². The van der Waals surface area contributed by atoms with Gasteiger partial charge in [0.1, 0.15) is 5.75 Å². The molecule has 0 aromatic heterocycles. The second-order valence-electron chi connectivity index (χ2n) is 5.49. The van der Waals surface area contributed by atoms with Gasteiger partial charge in [0, 0.05) is 12.6 Å². The number of nitrogens with zero attached hydrogens (tertiary/aromatic N) is 2. The normalized spacial score (nSPS) is 11.8. The lowest BCUT2D eigenvalue weighted by Crippen LogP contribution is -2.36. The summed E-state index contributed by atoms with van der Waals surface area (Å²) in [6, 6.07) is 8.94. The molecule has 0 bridgehead atoms. The Kier molecular flexibility index (Phi) is 7.68. The largest absolute Gasteiger partial charge is 0.495 e. The first-order chi connectivity index (χ1) is 13.2. The van der Waals surface area contributed by atoms with Gasteiger partial charge in [0.05, 0.1) is 39.8 Å². The first-order valence-electron chi connectivity index (χ1n) is 7.72. The summed E-state index contributed by atoms with van der Waals surface area (Å²) in [5, 5.41) is 4.62. The van der Waals surface area contributed by atoms with Crippen LogP contribution < -0.4 is 10.2 Å². The molecule has 2 aromatic rings. The maximum atomic E-state index is 12.6. The van der Waals surface area contributed by atoms with Crippen LogP contribution in [0.25, 0.3) is 0 Å². The minimum absolute atomic E-state index is 0.0695. The molecule has 0 aliphatic carbocycles. The summed E-state index contributed by atoms with van der Waals surface area (Å²) in [5.41, 5.74) is 2.66. The predicted octanol–water partition coefficient (Wildman–Crippen LogP) is 3.43. The van der Waals surface area contributed by atoms with E-state index in [1.54, 1.807) is 18.2 Å². The monoisotopic (exact) mass is 463 g/mol. The van der Waals surface area contributed by atoms with Crippen molar-refractivity contribution in [2.24, 2.45) is 5.10 Å². The average Bonchev–Trinajstić information content (AvgIpc) is 2.64. The molecule has 0 aliphatic rings. The van der Waals surface area contributed by atoms with Crippen LogP contribution in [0, 0.1) is 0 Å². The average molecular weight is 465 g/mol. The summed E-state index contributed by atoms with van der Waals surface area (Å²) >= 11 is 18.0. The molecule has 2 aromatic carbocycles. The van der Waals surface area contributed by atoms with Crippen LogP contribution in [-0.2, 0) is 14.8 Å². The molecule has 0 fully saturated rings. The van der Waals surface area contributed by atoms with E-state index in [0.717, 1.165) is 4.31 Å². The third-order valence-electron chi connectivity index (χ3n) is 3.58. The van der Waals surface area contributed by atoms with Gasteiger partial charge in [0.2, 0.25) is 10.0 Å². The summed E-state index contributed by atoms with van der Waals surface area (Å²) < 4.78 is 31.0. The van der Waals surface area contributed by atoms with E-state index >= 15 is 0 Å². The van der Waals surface area contributed by atoms with Gasteiger partial charge in [-0.05, 0) is 30.3 Å². The number of hydrogen-bond donors (Lipinski definition) is 1. The van der Waals surface area contributed by atoms with Crippen LogP contribution >= 0.6 is 34.8 Å². The molecular weight excluding hydrogens is 449 g/mol. The molecule has 0 heterocycles. The van der Waals surface area contributed by atoms with Crippen molar-refractivity contribution in [2.45, 2.75) is 4.90 Å². The lowest BCUT2D eigenvalue weighted by atomic mass is 10.2. The number of ether oxygens (including phenoxy) is 1. The van der Waals surface area contributed by atoms with E-state index in [1.807, 2.05) is 0 Å².